The molecule has 0 unspecified atom stereocenters. The lowest BCUT2D eigenvalue weighted by Gasteiger charge is -2.34. The number of carbonyl (C=O) groups excluding carboxylic acids is 2. The highest BCUT2D eigenvalue weighted by atomic mass is 32.2. The third-order valence-corrected chi connectivity index (χ3v) is 6.48. The Labute approximate surface area is 180 Å². The molecule has 166 valence electrons. The van der Waals surface area contributed by atoms with Crippen LogP contribution in [0, 0.1) is 0 Å². The number of ether oxygens (including phenoxy) is 1. The Morgan fingerprint density at radius 3 is 2.53 bits per heavy atom. The minimum absolute atomic E-state index is 0.0145. The molecule has 1 aromatic rings. The molecule has 1 aliphatic heterocycles. The molecular weight excluding hydrogens is 408 g/mol. The number of aliphatic hydroxyl groups is 1. The van der Waals surface area contributed by atoms with Crippen LogP contribution < -0.4 is 5.69 Å². The predicted octanol–water partition coefficient (Wildman–Crippen LogP) is 0.897. The van der Waals surface area contributed by atoms with Gasteiger partial charge >= 0.3 is 11.8 Å². The van der Waals surface area contributed by atoms with Crippen molar-refractivity contribution in [3.05, 3.63) is 21.7 Å². The van der Waals surface area contributed by atoms with E-state index >= 15 is 0 Å². The van der Waals surface area contributed by atoms with E-state index in [1.165, 1.54) is 11.8 Å². The maximum absolute atomic E-state index is 12.7. The van der Waals surface area contributed by atoms with E-state index in [2.05, 4.69) is 4.98 Å². The number of aliphatic hydroxyl groups excluding tert-OH is 1. The van der Waals surface area contributed by atoms with Gasteiger partial charge in [-0.15, -0.1) is 0 Å². The lowest BCUT2D eigenvalue weighted by Crippen LogP contribution is -2.51. The predicted molar refractivity (Wildman–Crippen MR) is 113 cm³/mol. The lowest BCUT2D eigenvalue weighted by atomic mass is 9.97. The molecule has 2 aliphatic rings. The van der Waals surface area contributed by atoms with Crippen LogP contribution in [0.5, 0.6) is 0 Å². The summed E-state index contributed by atoms with van der Waals surface area (Å²) in [7, 11) is 0. The fourth-order valence-electron chi connectivity index (χ4n) is 3.90. The number of hydrogen-bond donors (Lipinski definition) is 1. The summed E-state index contributed by atoms with van der Waals surface area (Å²) in [6.07, 6.45) is 3.95. The molecule has 1 fully saturated rings. The topological polar surface area (TPSA) is 105 Å². The van der Waals surface area contributed by atoms with Gasteiger partial charge in [0.15, 0.2) is 0 Å². The van der Waals surface area contributed by atoms with Gasteiger partial charge < -0.3 is 19.6 Å². The molecule has 1 aromatic heterocycles. The zero-order chi connectivity index (χ0) is 21.5. The van der Waals surface area contributed by atoms with Crippen LogP contribution in [0.2, 0.25) is 0 Å². The first-order valence-corrected chi connectivity index (χ1v) is 11.6. The summed E-state index contributed by atoms with van der Waals surface area (Å²) in [5.74, 6) is 0.207. The molecule has 0 radical (unpaired) electrons. The Kier molecular flexibility index (Phi) is 8.15. The molecule has 0 aromatic carbocycles. The van der Waals surface area contributed by atoms with E-state index in [1.54, 1.807) is 21.3 Å². The Hall–Kier alpha value is -2.07. The van der Waals surface area contributed by atoms with Crippen molar-refractivity contribution < 1.29 is 19.4 Å². The number of piperazine rings is 1. The van der Waals surface area contributed by atoms with Crippen LogP contribution in [0.25, 0.3) is 0 Å². The second-order valence-corrected chi connectivity index (χ2v) is 8.38. The molecule has 0 bridgehead atoms. The van der Waals surface area contributed by atoms with E-state index in [-0.39, 0.29) is 30.0 Å². The SMILES string of the molecule is CCOC(=O)N1CCN(C(=O)CSc2nc(=O)n(CCCO)c3c2CCCC3)CC1. The quantitative estimate of drug-likeness (QED) is 0.498. The summed E-state index contributed by atoms with van der Waals surface area (Å²) in [4.78, 5) is 44.6. The fourth-order valence-corrected chi connectivity index (χ4v) is 4.88. The molecule has 2 heterocycles. The van der Waals surface area contributed by atoms with Crippen molar-refractivity contribution in [1.82, 2.24) is 19.4 Å². The summed E-state index contributed by atoms with van der Waals surface area (Å²) in [5, 5.41) is 9.77. The Bertz CT molecular complexity index is 820. The second-order valence-electron chi connectivity index (χ2n) is 7.42. The molecule has 1 aliphatic carbocycles. The molecular formula is C20H30N4O5S. The number of rotatable bonds is 7. The summed E-state index contributed by atoms with van der Waals surface area (Å²) in [5.41, 5.74) is 1.78. The van der Waals surface area contributed by atoms with Gasteiger partial charge in [-0.2, -0.15) is 4.98 Å². The number of carbonyl (C=O) groups is 2. The highest BCUT2D eigenvalue weighted by Gasteiger charge is 2.26. The first-order chi connectivity index (χ1) is 14.5. The van der Waals surface area contributed by atoms with E-state index in [1.807, 2.05) is 0 Å². The molecule has 0 atom stereocenters. The molecule has 0 spiro atoms. The highest BCUT2D eigenvalue weighted by molar-refractivity contribution is 7.99. The summed E-state index contributed by atoms with van der Waals surface area (Å²) < 4.78 is 6.69. The van der Waals surface area contributed by atoms with Gasteiger partial charge in [-0.25, -0.2) is 9.59 Å². The van der Waals surface area contributed by atoms with Gasteiger partial charge in [0.25, 0.3) is 0 Å². The van der Waals surface area contributed by atoms with E-state index in [0.717, 1.165) is 36.9 Å². The van der Waals surface area contributed by atoms with Gasteiger partial charge in [0.2, 0.25) is 5.91 Å². The van der Waals surface area contributed by atoms with Crippen LogP contribution in [0.15, 0.2) is 9.82 Å². The van der Waals surface area contributed by atoms with Crippen LogP contribution in [0.4, 0.5) is 4.79 Å². The monoisotopic (exact) mass is 438 g/mol. The number of nitrogens with zero attached hydrogens (tertiary/aromatic N) is 4. The molecule has 30 heavy (non-hydrogen) atoms. The average Bonchev–Trinajstić information content (AvgIpc) is 2.77. The van der Waals surface area contributed by atoms with Gasteiger partial charge in [0.1, 0.15) is 5.03 Å². The first kappa shape index (κ1) is 22.6. The van der Waals surface area contributed by atoms with Crippen LogP contribution in [0.3, 0.4) is 0 Å². The number of fused-ring (bicyclic) bond motifs is 1. The first-order valence-electron chi connectivity index (χ1n) is 10.6. The van der Waals surface area contributed by atoms with E-state index in [4.69, 9.17) is 9.84 Å². The van der Waals surface area contributed by atoms with E-state index < -0.39 is 0 Å². The Morgan fingerprint density at radius 2 is 1.83 bits per heavy atom. The number of thioether (sulfide) groups is 1. The number of amides is 2. The molecule has 1 saturated heterocycles. The van der Waals surface area contributed by atoms with Crippen molar-refractivity contribution in [2.24, 2.45) is 0 Å². The van der Waals surface area contributed by atoms with Gasteiger partial charge in [-0.3, -0.25) is 9.36 Å². The van der Waals surface area contributed by atoms with Crippen LogP contribution in [-0.4, -0.2) is 81.6 Å². The maximum atomic E-state index is 12.7. The second kappa shape index (κ2) is 10.8. The molecule has 10 heteroatoms. The van der Waals surface area contributed by atoms with E-state index in [9.17, 15) is 14.4 Å². The van der Waals surface area contributed by atoms with Crippen LogP contribution >= 0.6 is 11.8 Å². The van der Waals surface area contributed by atoms with E-state index in [0.29, 0.717) is 50.8 Å². The van der Waals surface area contributed by atoms with Crippen molar-refractivity contribution in [3.63, 3.8) is 0 Å². The van der Waals surface area contributed by atoms with Crippen LogP contribution in [-0.2, 0) is 28.9 Å². The minimum atomic E-state index is -0.337. The van der Waals surface area contributed by atoms with Crippen molar-refractivity contribution in [3.8, 4) is 0 Å². The Balaban J connectivity index is 1.62. The molecule has 9 nitrogen and oxygen atoms in total. The van der Waals surface area contributed by atoms with Crippen molar-refractivity contribution >= 4 is 23.8 Å². The zero-order valence-electron chi connectivity index (χ0n) is 17.5. The normalized spacial score (nSPS) is 16.3. The third-order valence-electron chi connectivity index (χ3n) is 5.48. The molecule has 0 saturated carbocycles. The number of hydrogen-bond acceptors (Lipinski definition) is 7. The van der Waals surface area contributed by atoms with Gasteiger partial charge in [-0.05, 0) is 39.0 Å². The lowest BCUT2D eigenvalue weighted by molar-refractivity contribution is -0.129. The maximum Gasteiger partial charge on any atom is 0.409 e. The zero-order valence-corrected chi connectivity index (χ0v) is 18.3. The minimum Gasteiger partial charge on any atom is -0.450 e. The van der Waals surface area contributed by atoms with Crippen molar-refractivity contribution in [1.29, 1.82) is 0 Å². The molecule has 3 rings (SSSR count). The van der Waals surface area contributed by atoms with Gasteiger partial charge in [-0.1, -0.05) is 11.8 Å². The summed E-state index contributed by atoms with van der Waals surface area (Å²) in [6, 6.07) is 0. The van der Waals surface area contributed by atoms with Crippen molar-refractivity contribution in [2.75, 3.05) is 45.1 Å². The highest BCUT2D eigenvalue weighted by Crippen LogP contribution is 2.28. The third kappa shape index (κ3) is 5.34. The molecule has 2 amide bonds. The molecule has 1 N–H and O–H groups in total. The summed E-state index contributed by atoms with van der Waals surface area (Å²) in [6.45, 7) is 4.50. The largest absolute Gasteiger partial charge is 0.450 e. The van der Waals surface area contributed by atoms with Crippen LogP contribution in [0.1, 0.15) is 37.4 Å². The average molecular weight is 439 g/mol. The smallest absolute Gasteiger partial charge is 0.409 e. The van der Waals surface area contributed by atoms with Gasteiger partial charge in [0.05, 0.1) is 12.4 Å². The standard InChI is InChI=1S/C20H30N4O5S/c1-2-29-20(28)23-11-9-22(10-12-23)17(26)14-30-18-15-6-3-4-7-16(15)24(8-5-13-25)19(27)21-18/h25H,2-14H2,1H3. The van der Waals surface area contributed by atoms with Gasteiger partial charge in [0, 0.05) is 50.6 Å². The Morgan fingerprint density at radius 1 is 1.13 bits per heavy atom. The number of aromatic nitrogens is 2. The van der Waals surface area contributed by atoms with Crippen molar-refractivity contribution in [2.45, 2.75) is 50.6 Å². The fraction of sp³-hybridized carbons (Fsp3) is 0.700. The summed E-state index contributed by atoms with van der Waals surface area (Å²) >= 11 is 1.33.